The minimum Gasteiger partial charge on any atom is -0.332 e. The average Bonchev–Trinajstić information content (AvgIpc) is 2.90. The fourth-order valence-corrected chi connectivity index (χ4v) is 1.99. The Balaban J connectivity index is 1.75. The van der Waals surface area contributed by atoms with Crippen LogP contribution in [0.15, 0.2) is 54.7 Å². The summed E-state index contributed by atoms with van der Waals surface area (Å²) in [6, 6.07) is 13.2. The first-order valence-corrected chi connectivity index (χ1v) is 6.19. The average molecular weight is 269 g/mol. The number of aromatic nitrogens is 2. The molecule has 5 heteroatoms. The molecule has 20 heavy (non-hydrogen) atoms. The Kier molecular flexibility index (Phi) is 3.16. The van der Waals surface area contributed by atoms with E-state index in [2.05, 4.69) is 10.4 Å². The molecule has 4 nitrogen and oxygen atoms in total. The summed E-state index contributed by atoms with van der Waals surface area (Å²) in [6.45, 7) is 0.327. The molecule has 1 N–H and O–H groups in total. The lowest BCUT2D eigenvalue weighted by atomic mass is 10.2. The van der Waals surface area contributed by atoms with Crippen LogP contribution in [-0.4, -0.2) is 15.8 Å². The topological polar surface area (TPSA) is 46.9 Å². The Morgan fingerprint density at radius 1 is 1.15 bits per heavy atom. The molecular formula is C15H12FN3O. The van der Waals surface area contributed by atoms with Crippen molar-refractivity contribution in [2.45, 2.75) is 6.54 Å². The van der Waals surface area contributed by atoms with E-state index in [-0.39, 0.29) is 11.8 Å². The van der Waals surface area contributed by atoms with Gasteiger partial charge in [-0.25, -0.2) is 9.18 Å². The number of halogens is 1. The van der Waals surface area contributed by atoms with Crippen molar-refractivity contribution in [3.05, 3.63) is 66.1 Å². The van der Waals surface area contributed by atoms with Gasteiger partial charge in [0.1, 0.15) is 5.82 Å². The van der Waals surface area contributed by atoms with Crippen LogP contribution in [0.25, 0.3) is 10.9 Å². The molecule has 1 heterocycles. The monoisotopic (exact) mass is 269 g/mol. The molecule has 2 aromatic carbocycles. The molecular weight excluding hydrogens is 257 g/mol. The van der Waals surface area contributed by atoms with E-state index in [1.807, 2.05) is 24.3 Å². The number of nitrogens with one attached hydrogen (secondary N) is 1. The Morgan fingerprint density at radius 2 is 1.90 bits per heavy atom. The van der Waals surface area contributed by atoms with Crippen molar-refractivity contribution in [2.24, 2.45) is 0 Å². The van der Waals surface area contributed by atoms with E-state index in [0.717, 1.165) is 16.5 Å². The number of fused-ring (bicyclic) bond motifs is 1. The molecule has 3 rings (SSSR count). The first-order valence-electron chi connectivity index (χ1n) is 6.19. The standard InChI is InChI=1S/C15H12FN3O/c16-13-7-5-11(6-8-13)9-17-15(20)19-14-4-2-1-3-12(14)10-18-19/h1-8,10H,9H2,(H,17,20). The minimum atomic E-state index is -0.310. The summed E-state index contributed by atoms with van der Waals surface area (Å²) >= 11 is 0. The quantitative estimate of drug-likeness (QED) is 0.777. The van der Waals surface area contributed by atoms with E-state index in [9.17, 15) is 9.18 Å². The van der Waals surface area contributed by atoms with Gasteiger partial charge >= 0.3 is 6.03 Å². The van der Waals surface area contributed by atoms with E-state index in [1.54, 1.807) is 18.3 Å². The van der Waals surface area contributed by atoms with Crippen LogP contribution >= 0.6 is 0 Å². The summed E-state index contributed by atoms with van der Waals surface area (Å²) in [4.78, 5) is 12.1. The van der Waals surface area contributed by atoms with Crippen molar-refractivity contribution in [1.82, 2.24) is 15.1 Å². The van der Waals surface area contributed by atoms with Crippen LogP contribution in [-0.2, 0) is 6.54 Å². The molecule has 0 bridgehead atoms. The molecule has 0 radical (unpaired) electrons. The van der Waals surface area contributed by atoms with E-state index in [0.29, 0.717) is 6.54 Å². The summed E-state index contributed by atoms with van der Waals surface area (Å²) in [7, 11) is 0. The Hall–Kier alpha value is -2.69. The van der Waals surface area contributed by atoms with E-state index < -0.39 is 0 Å². The molecule has 0 atom stereocenters. The zero-order valence-corrected chi connectivity index (χ0v) is 10.6. The van der Waals surface area contributed by atoms with Gasteiger partial charge in [0.15, 0.2) is 0 Å². The molecule has 3 aromatic rings. The number of carbonyl (C=O) groups is 1. The van der Waals surface area contributed by atoms with Gasteiger partial charge in [-0.3, -0.25) is 0 Å². The second kappa shape index (κ2) is 5.13. The predicted octanol–water partition coefficient (Wildman–Crippen LogP) is 2.93. The Morgan fingerprint density at radius 3 is 2.70 bits per heavy atom. The van der Waals surface area contributed by atoms with Gasteiger partial charge in [-0.15, -0.1) is 0 Å². The number of benzene rings is 2. The Bertz CT molecular complexity index is 749. The van der Waals surface area contributed by atoms with Crippen LogP contribution in [0.5, 0.6) is 0 Å². The Labute approximate surface area is 114 Å². The van der Waals surface area contributed by atoms with E-state index >= 15 is 0 Å². The fourth-order valence-electron chi connectivity index (χ4n) is 1.99. The van der Waals surface area contributed by atoms with Gasteiger partial charge in [-0.1, -0.05) is 30.3 Å². The van der Waals surface area contributed by atoms with Crippen molar-refractivity contribution in [2.75, 3.05) is 0 Å². The molecule has 0 unspecified atom stereocenters. The number of para-hydroxylation sites is 1. The number of rotatable bonds is 2. The van der Waals surface area contributed by atoms with E-state index in [4.69, 9.17) is 0 Å². The smallest absolute Gasteiger partial charge is 0.332 e. The van der Waals surface area contributed by atoms with Crippen molar-refractivity contribution >= 4 is 16.9 Å². The molecule has 0 aliphatic rings. The highest BCUT2D eigenvalue weighted by Crippen LogP contribution is 2.12. The summed E-state index contributed by atoms with van der Waals surface area (Å²) in [6.07, 6.45) is 1.65. The third-order valence-electron chi connectivity index (χ3n) is 3.03. The highest BCUT2D eigenvalue weighted by atomic mass is 19.1. The van der Waals surface area contributed by atoms with Crippen LogP contribution < -0.4 is 5.32 Å². The first kappa shape index (κ1) is 12.3. The summed E-state index contributed by atoms with van der Waals surface area (Å²) in [5.74, 6) is -0.293. The summed E-state index contributed by atoms with van der Waals surface area (Å²) in [5, 5.41) is 7.73. The molecule has 0 aliphatic carbocycles. The van der Waals surface area contributed by atoms with Crippen molar-refractivity contribution < 1.29 is 9.18 Å². The minimum absolute atomic E-state index is 0.293. The maximum absolute atomic E-state index is 12.8. The van der Waals surface area contributed by atoms with Gasteiger partial charge in [-0.05, 0) is 23.8 Å². The second-order valence-electron chi connectivity index (χ2n) is 4.40. The molecule has 0 fully saturated rings. The zero-order chi connectivity index (χ0) is 13.9. The SMILES string of the molecule is O=C(NCc1ccc(F)cc1)n1ncc2ccccc21. The third-order valence-corrected chi connectivity index (χ3v) is 3.03. The summed E-state index contributed by atoms with van der Waals surface area (Å²) < 4.78 is 14.1. The van der Waals surface area contributed by atoms with Gasteiger partial charge in [0.2, 0.25) is 0 Å². The number of amides is 1. The van der Waals surface area contributed by atoms with Crippen LogP contribution in [0.4, 0.5) is 9.18 Å². The molecule has 0 aliphatic heterocycles. The van der Waals surface area contributed by atoms with Crippen LogP contribution in [0, 0.1) is 5.82 Å². The second-order valence-corrected chi connectivity index (χ2v) is 4.40. The highest BCUT2D eigenvalue weighted by molar-refractivity contribution is 5.89. The first-order chi connectivity index (χ1) is 9.74. The van der Waals surface area contributed by atoms with E-state index in [1.165, 1.54) is 16.8 Å². The third kappa shape index (κ3) is 2.38. The van der Waals surface area contributed by atoms with Crippen LogP contribution in [0.3, 0.4) is 0 Å². The molecule has 0 saturated heterocycles. The summed E-state index contributed by atoms with van der Waals surface area (Å²) in [5.41, 5.74) is 1.58. The van der Waals surface area contributed by atoms with Gasteiger partial charge < -0.3 is 5.32 Å². The number of carbonyl (C=O) groups excluding carboxylic acids is 1. The number of hydrogen-bond acceptors (Lipinski definition) is 2. The van der Waals surface area contributed by atoms with Crippen molar-refractivity contribution in [1.29, 1.82) is 0 Å². The molecule has 0 spiro atoms. The molecule has 100 valence electrons. The highest BCUT2D eigenvalue weighted by Gasteiger charge is 2.09. The van der Waals surface area contributed by atoms with Gasteiger partial charge in [0.25, 0.3) is 0 Å². The van der Waals surface area contributed by atoms with Gasteiger partial charge in [-0.2, -0.15) is 9.78 Å². The lowest BCUT2D eigenvalue weighted by Crippen LogP contribution is -2.28. The number of nitrogens with zero attached hydrogens (tertiary/aromatic N) is 2. The lowest BCUT2D eigenvalue weighted by molar-refractivity contribution is 0.240. The maximum Gasteiger partial charge on any atom is 0.342 e. The predicted molar refractivity (Wildman–Crippen MR) is 73.8 cm³/mol. The largest absolute Gasteiger partial charge is 0.342 e. The zero-order valence-electron chi connectivity index (χ0n) is 10.6. The normalized spacial score (nSPS) is 10.7. The van der Waals surface area contributed by atoms with Gasteiger partial charge in [0, 0.05) is 11.9 Å². The lowest BCUT2D eigenvalue weighted by Gasteiger charge is -2.06. The van der Waals surface area contributed by atoms with Gasteiger partial charge in [0.05, 0.1) is 11.7 Å². The molecule has 1 aromatic heterocycles. The molecule has 0 saturated carbocycles. The molecule has 1 amide bonds. The maximum atomic E-state index is 12.8. The fraction of sp³-hybridized carbons (Fsp3) is 0.0667. The number of hydrogen-bond donors (Lipinski definition) is 1. The van der Waals surface area contributed by atoms with Crippen LogP contribution in [0.1, 0.15) is 5.56 Å². The van der Waals surface area contributed by atoms with Crippen molar-refractivity contribution in [3.8, 4) is 0 Å². The van der Waals surface area contributed by atoms with Crippen LogP contribution in [0.2, 0.25) is 0 Å². The van der Waals surface area contributed by atoms with Crippen molar-refractivity contribution in [3.63, 3.8) is 0 Å².